The monoisotopic (exact) mass is 293 g/mol. The predicted molar refractivity (Wildman–Crippen MR) is 79.7 cm³/mol. The zero-order chi connectivity index (χ0) is 14.4. The molecule has 6 heteroatoms. The number of nitrogens with one attached hydrogen (secondary N) is 2. The van der Waals surface area contributed by atoms with Crippen molar-refractivity contribution in [1.29, 1.82) is 0 Å². The fraction of sp³-hybridized carbons (Fsp3) is 0.357. The van der Waals surface area contributed by atoms with Gasteiger partial charge in [-0.15, -0.1) is 11.3 Å². The predicted octanol–water partition coefficient (Wildman–Crippen LogP) is 2.44. The fourth-order valence-corrected chi connectivity index (χ4v) is 2.77. The molecule has 2 N–H and O–H groups in total. The van der Waals surface area contributed by atoms with E-state index < -0.39 is 0 Å². The first-order valence-electron chi connectivity index (χ1n) is 6.40. The first kappa shape index (κ1) is 14.6. The van der Waals surface area contributed by atoms with Crippen LogP contribution < -0.4 is 10.6 Å². The number of carbonyl (C=O) groups excluding carboxylic acids is 1. The highest BCUT2D eigenvalue weighted by atomic mass is 32.1. The molecule has 0 fully saturated rings. The summed E-state index contributed by atoms with van der Waals surface area (Å²) in [6.07, 6.45) is 1.59. The quantitative estimate of drug-likeness (QED) is 0.860. The maximum absolute atomic E-state index is 11.8. The van der Waals surface area contributed by atoms with E-state index in [1.165, 1.54) is 4.88 Å². The lowest BCUT2D eigenvalue weighted by atomic mass is 10.2. The van der Waals surface area contributed by atoms with E-state index in [9.17, 15) is 4.79 Å². The lowest BCUT2D eigenvalue weighted by Gasteiger charge is -2.23. The van der Waals surface area contributed by atoms with Crippen LogP contribution in [0.15, 0.2) is 40.3 Å². The molecule has 2 amide bonds. The average Bonchev–Trinajstić information content (AvgIpc) is 3.09. The average molecular weight is 293 g/mol. The summed E-state index contributed by atoms with van der Waals surface area (Å²) in [5.74, 6) is 0.738. The van der Waals surface area contributed by atoms with Crippen molar-refractivity contribution in [3.8, 4) is 0 Å². The molecule has 2 aromatic rings. The summed E-state index contributed by atoms with van der Waals surface area (Å²) >= 11 is 1.69. The van der Waals surface area contributed by atoms with Gasteiger partial charge in [0.1, 0.15) is 5.76 Å². The van der Waals surface area contributed by atoms with Crippen molar-refractivity contribution in [3.63, 3.8) is 0 Å². The van der Waals surface area contributed by atoms with Crippen molar-refractivity contribution in [2.45, 2.75) is 12.6 Å². The Morgan fingerprint density at radius 1 is 1.35 bits per heavy atom. The molecule has 0 spiro atoms. The Morgan fingerprint density at radius 3 is 2.80 bits per heavy atom. The maximum Gasteiger partial charge on any atom is 0.315 e. The Balaban J connectivity index is 1.79. The zero-order valence-electron chi connectivity index (χ0n) is 11.6. The number of hydrogen-bond acceptors (Lipinski definition) is 4. The third kappa shape index (κ3) is 4.11. The molecule has 0 bridgehead atoms. The molecule has 1 atom stereocenters. The van der Waals surface area contributed by atoms with E-state index in [4.69, 9.17) is 4.42 Å². The largest absolute Gasteiger partial charge is 0.467 e. The SMILES string of the molecule is CN(C)C(CNC(=O)NCc1ccco1)c1cccs1. The van der Waals surface area contributed by atoms with Gasteiger partial charge in [-0.25, -0.2) is 4.79 Å². The van der Waals surface area contributed by atoms with Crippen LogP contribution in [0.2, 0.25) is 0 Å². The normalized spacial score (nSPS) is 12.3. The Hall–Kier alpha value is -1.79. The van der Waals surface area contributed by atoms with Crippen molar-refractivity contribution < 1.29 is 9.21 Å². The van der Waals surface area contributed by atoms with Crippen LogP contribution in [0, 0.1) is 0 Å². The molecular formula is C14H19N3O2S. The molecule has 20 heavy (non-hydrogen) atoms. The summed E-state index contributed by atoms with van der Waals surface area (Å²) in [4.78, 5) is 15.1. The molecule has 5 nitrogen and oxygen atoms in total. The molecule has 0 aliphatic rings. The van der Waals surface area contributed by atoms with Crippen LogP contribution in [-0.4, -0.2) is 31.6 Å². The molecule has 2 rings (SSSR count). The Bertz CT molecular complexity index is 509. The smallest absolute Gasteiger partial charge is 0.315 e. The van der Waals surface area contributed by atoms with Crippen molar-refractivity contribution in [1.82, 2.24) is 15.5 Å². The first-order chi connectivity index (χ1) is 9.66. The summed E-state index contributed by atoms with van der Waals surface area (Å²) in [5, 5.41) is 7.70. The van der Waals surface area contributed by atoms with E-state index in [-0.39, 0.29) is 12.1 Å². The summed E-state index contributed by atoms with van der Waals surface area (Å²) < 4.78 is 5.16. The number of nitrogens with zero attached hydrogens (tertiary/aromatic N) is 1. The van der Waals surface area contributed by atoms with Crippen LogP contribution in [0.3, 0.4) is 0 Å². The lowest BCUT2D eigenvalue weighted by molar-refractivity contribution is 0.232. The second kappa shape index (κ2) is 7.12. The second-order valence-corrected chi connectivity index (χ2v) is 5.62. The minimum absolute atomic E-state index is 0.185. The van der Waals surface area contributed by atoms with Crippen molar-refractivity contribution in [2.75, 3.05) is 20.6 Å². The summed E-state index contributed by atoms with van der Waals surface area (Å²) in [5.41, 5.74) is 0. The van der Waals surface area contributed by atoms with Gasteiger partial charge in [0.25, 0.3) is 0 Å². The third-order valence-electron chi connectivity index (χ3n) is 2.95. The highest BCUT2D eigenvalue weighted by Gasteiger charge is 2.16. The molecule has 0 aromatic carbocycles. The molecule has 2 heterocycles. The van der Waals surface area contributed by atoms with Gasteiger partial charge in [0.15, 0.2) is 0 Å². The highest BCUT2D eigenvalue weighted by molar-refractivity contribution is 7.10. The van der Waals surface area contributed by atoms with Gasteiger partial charge >= 0.3 is 6.03 Å². The Labute approximate surface area is 122 Å². The van der Waals surface area contributed by atoms with Gasteiger partial charge in [-0.1, -0.05) is 6.07 Å². The molecule has 2 aromatic heterocycles. The van der Waals surface area contributed by atoms with Gasteiger partial charge in [-0.2, -0.15) is 0 Å². The van der Waals surface area contributed by atoms with Gasteiger partial charge in [-0.05, 0) is 37.7 Å². The molecular weight excluding hydrogens is 274 g/mol. The molecule has 108 valence electrons. The number of thiophene rings is 1. The van der Waals surface area contributed by atoms with Crippen LogP contribution in [-0.2, 0) is 6.54 Å². The molecule has 0 radical (unpaired) electrons. The molecule has 1 unspecified atom stereocenters. The zero-order valence-corrected chi connectivity index (χ0v) is 12.4. The van der Waals surface area contributed by atoms with Crippen molar-refractivity contribution in [3.05, 3.63) is 46.5 Å². The maximum atomic E-state index is 11.8. The lowest BCUT2D eigenvalue weighted by Crippen LogP contribution is -2.40. The second-order valence-electron chi connectivity index (χ2n) is 4.64. The molecule has 0 aliphatic heterocycles. The summed E-state index contributed by atoms with van der Waals surface area (Å²) in [6, 6.07) is 7.72. The minimum Gasteiger partial charge on any atom is -0.467 e. The topological polar surface area (TPSA) is 57.5 Å². The number of likely N-dealkylation sites (N-methyl/N-ethyl adjacent to an activating group) is 1. The summed E-state index contributed by atoms with van der Waals surface area (Å²) in [7, 11) is 4.01. The Kier molecular flexibility index (Phi) is 5.20. The molecule has 0 saturated carbocycles. The van der Waals surface area contributed by atoms with Crippen LogP contribution in [0.4, 0.5) is 4.79 Å². The van der Waals surface area contributed by atoms with E-state index >= 15 is 0 Å². The van der Waals surface area contributed by atoms with Crippen LogP contribution in [0.25, 0.3) is 0 Å². The third-order valence-corrected chi connectivity index (χ3v) is 3.93. The van der Waals surface area contributed by atoms with Crippen LogP contribution in [0.1, 0.15) is 16.7 Å². The van der Waals surface area contributed by atoms with Gasteiger partial charge in [0.05, 0.1) is 18.8 Å². The minimum atomic E-state index is -0.190. The van der Waals surface area contributed by atoms with E-state index in [1.54, 1.807) is 23.7 Å². The van der Waals surface area contributed by atoms with Crippen molar-refractivity contribution in [2.24, 2.45) is 0 Å². The van der Waals surface area contributed by atoms with Gasteiger partial charge < -0.3 is 20.0 Å². The summed E-state index contributed by atoms with van der Waals surface area (Å²) in [6.45, 7) is 0.960. The van der Waals surface area contributed by atoms with Crippen LogP contribution in [0.5, 0.6) is 0 Å². The van der Waals surface area contributed by atoms with E-state index in [0.29, 0.717) is 13.1 Å². The van der Waals surface area contributed by atoms with Gasteiger partial charge in [-0.3, -0.25) is 0 Å². The van der Waals surface area contributed by atoms with E-state index in [1.807, 2.05) is 31.6 Å². The highest BCUT2D eigenvalue weighted by Crippen LogP contribution is 2.22. The number of rotatable bonds is 6. The number of urea groups is 1. The van der Waals surface area contributed by atoms with Gasteiger partial charge in [0, 0.05) is 11.4 Å². The van der Waals surface area contributed by atoms with E-state index in [0.717, 1.165) is 5.76 Å². The number of hydrogen-bond donors (Lipinski definition) is 2. The molecule has 0 aliphatic carbocycles. The van der Waals surface area contributed by atoms with E-state index in [2.05, 4.69) is 21.6 Å². The molecule has 0 saturated heterocycles. The Morgan fingerprint density at radius 2 is 2.20 bits per heavy atom. The van der Waals surface area contributed by atoms with Crippen LogP contribution >= 0.6 is 11.3 Å². The fourth-order valence-electron chi connectivity index (χ4n) is 1.85. The first-order valence-corrected chi connectivity index (χ1v) is 7.28. The van der Waals surface area contributed by atoms with Crippen molar-refractivity contribution >= 4 is 17.4 Å². The number of carbonyl (C=O) groups is 1. The number of amides is 2. The number of furan rings is 1. The standard InChI is InChI=1S/C14H19N3O2S/c1-17(2)12(13-6-4-8-20-13)10-16-14(18)15-9-11-5-3-7-19-11/h3-8,12H,9-10H2,1-2H3,(H2,15,16,18). The van der Waals surface area contributed by atoms with Gasteiger partial charge in [0.2, 0.25) is 0 Å².